The van der Waals surface area contributed by atoms with Crippen LogP contribution < -0.4 is 5.32 Å². The van der Waals surface area contributed by atoms with E-state index in [1.807, 2.05) is 4.90 Å². The molecule has 38 heavy (non-hydrogen) atoms. The fourth-order valence-electron chi connectivity index (χ4n) is 6.12. The minimum absolute atomic E-state index is 0.00493. The van der Waals surface area contributed by atoms with Crippen LogP contribution in [0.3, 0.4) is 0 Å². The fraction of sp³-hybridized carbons (Fsp3) is 0.600. The van der Waals surface area contributed by atoms with Crippen molar-refractivity contribution in [1.82, 2.24) is 9.88 Å². The lowest BCUT2D eigenvalue weighted by Gasteiger charge is -2.30. The molecule has 0 amide bonds. The minimum Gasteiger partial charge on any atom is -0.480 e. The Labute approximate surface area is 224 Å². The summed E-state index contributed by atoms with van der Waals surface area (Å²) >= 11 is 0. The number of nitrogens with one attached hydrogen (secondary N) is 1. The van der Waals surface area contributed by atoms with Crippen molar-refractivity contribution in [1.29, 1.82) is 0 Å². The summed E-state index contributed by atoms with van der Waals surface area (Å²) in [6, 6.07) is 8.14. The van der Waals surface area contributed by atoms with Gasteiger partial charge < -0.3 is 19.9 Å². The van der Waals surface area contributed by atoms with Gasteiger partial charge in [0.1, 0.15) is 17.7 Å². The first-order valence-corrected chi connectivity index (χ1v) is 14.3. The third-order valence-electron chi connectivity index (χ3n) is 8.16. The van der Waals surface area contributed by atoms with Gasteiger partial charge in [-0.1, -0.05) is 18.6 Å². The lowest BCUT2D eigenvalue weighted by Crippen LogP contribution is -2.34. The van der Waals surface area contributed by atoms with Crippen molar-refractivity contribution in [2.75, 3.05) is 44.8 Å². The molecule has 3 aliphatic rings. The van der Waals surface area contributed by atoms with Crippen molar-refractivity contribution in [3.05, 3.63) is 58.5 Å². The summed E-state index contributed by atoms with van der Waals surface area (Å²) in [6.07, 6.45) is 8.81. The summed E-state index contributed by atoms with van der Waals surface area (Å²) in [5.41, 5.74) is 3.98. The van der Waals surface area contributed by atoms with Crippen molar-refractivity contribution in [3.63, 3.8) is 0 Å². The predicted molar refractivity (Wildman–Crippen MR) is 144 cm³/mol. The van der Waals surface area contributed by atoms with Crippen molar-refractivity contribution in [2.24, 2.45) is 0 Å². The zero-order chi connectivity index (χ0) is 26.3. The monoisotopic (exact) mass is 525 g/mol. The highest BCUT2D eigenvalue weighted by Crippen LogP contribution is 2.36. The van der Waals surface area contributed by atoms with E-state index in [-0.39, 0.29) is 12.0 Å². The van der Waals surface area contributed by atoms with Gasteiger partial charge in [0.15, 0.2) is 0 Å². The first kappa shape index (κ1) is 27.0. The van der Waals surface area contributed by atoms with Gasteiger partial charge in [0.2, 0.25) is 0 Å². The molecule has 2 fully saturated rings. The number of unbranched alkanes of at least 4 members (excludes halogenated alkanes) is 2. The number of benzene rings is 1. The Morgan fingerprint density at radius 2 is 2.05 bits per heavy atom. The molecule has 1 unspecified atom stereocenters. The average molecular weight is 526 g/mol. The van der Waals surface area contributed by atoms with Gasteiger partial charge in [-0.15, -0.1) is 0 Å². The first-order valence-electron chi connectivity index (χ1n) is 14.3. The molecule has 0 aliphatic carbocycles. The summed E-state index contributed by atoms with van der Waals surface area (Å²) in [6.45, 7) is 4.16. The van der Waals surface area contributed by atoms with E-state index in [9.17, 15) is 14.3 Å². The maximum atomic E-state index is 14.3. The summed E-state index contributed by atoms with van der Waals surface area (Å²) < 4.78 is 25.9. The molecule has 1 aromatic heterocycles. The van der Waals surface area contributed by atoms with Crippen LogP contribution in [0.4, 0.5) is 10.2 Å². The van der Waals surface area contributed by atoms with Crippen molar-refractivity contribution >= 4 is 11.8 Å². The highest BCUT2D eigenvalue weighted by atomic mass is 19.1. The maximum Gasteiger partial charge on any atom is 0.325 e. The minimum atomic E-state index is -0.935. The highest BCUT2D eigenvalue weighted by Gasteiger charge is 2.36. The second-order valence-corrected chi connectivity index (χ2v) is 10.8. The number of carbonyl (C=O) groups is 1. The molecule has 3 aliphatic heterocycles. The van der Waals surface area contributed by atoms with E-state index in [0.29, 0.717) is 38.5 Å². The summed E-state index contributed by atoms with van der Waals surface area (Å²) in [7, 11) is 0. The Kier molecular flexibility index (Phi) is 9.25. The second kappa shape index (κ2) is 13.0. The molecule has 7 nitrogen and oxygen atoms in total. The number of carboxylic acids is 1. The van der Waals surface area contributed by atoms with Gasteiger partial charge >= 0.3 is 5.97 Å². The lowest BCUT2D eigenvalue weighted by atomic mass is 9.85. The number of hydrogen-bond donors (Lipinski definition) is 2. The van der Waals surface area contributed by atoms with E-state index < -0.39 is 17.8 Å². The van der Waals surface area contributed by atoms with E-state index in [2.05, 4.69) is 17.4 Å². The zero-order valence-corrected chi connectivity index (χ0v) is 22.2. The Bertz CT molecular complexity index is 1090. The number of aromatic nitrogens is 1. The van der Waals surface area contributed by atoms with Gasteiger partial charge in [0.25, 0.3) is 0 Å². The molecule has 0 spiro atoms. The molecule has 1 aromatic carbocycles. The van der Waals surface area contributed by atoms with Crippen LogP contribution in [0, 0.1) is 5.82 Å². The van der Waals surface area contributed by atoms with Gasteiger partial charge in [0, 0.05) is 45.1 Å². The van der Waals surface area contributed by atoms with E-state index in [1.165, 1.54) is 24.1 Å². The first-order chi connectivity index (χ1) is 18.6. The number of aliphatic carboxylic acids is 1. The molecule has 2 atom stereocenters. The molecule has 4 heterocycles. The predicted octanol–water partition coefficient (Wildman–Crippen LogP) is 5.10. The quantitative estimate of drug-likeness (QED) is 0.395. The average Bonchev–Trinajstić information content (AvgIpc) is 3.39. The van der Waals surface area contributed by atoms with E-state index in [4.69, 9.17) is 14.5 Å². The Morgan fingerprint density at radius 1 is 1.18 bits per heavy atom. The molecule has 8 heteroatoms. The Balaban J connectivity index is 1.09. The second-order valence-electron chi connectivity index (χ2n) is 10.8. The maximum absolute atomic E-state index is 14.3. The van der Waals surface area contributed by atoms with Crippen LogP contribution >= 0.6 is 0 Å². The molecule has 0 radical (unpaired) electrons. The molecular formula is C30H40FN3O4. The number of hydrogen-bond acceptors (Lipinski definition) is 6. The third kappa shape index (κ3) is 6.71. The zero-order valence-electron chi connectivity index (χ0n) is 22.2. The molecule has 0 bridgehead atoms. The van der Waals surface area contributed by atoms with Crippen LogP contribution in [0.15, 0.2) is 30.3 Å². The van der Waals surface area contributed by atoms with E-state index in [0.717, 1.165) is 75.0 Å². The number of likely N-dealkylation sites (tertiary alicyclic amines) is 1. The molecule has 2 N–H and O–H groups in total. The van der Waals surface area contributed by atoms with Crippen LogP contribution in [0.2, 0.25) is 0 Å². The van der Waals surface area contributed by atoms with Crippen molar-refractivity contribution in [3.8, 4) is 0 Å². The van der Waals surface area contributed by atoms with Gasteiger partial charge in [-0.2, -0.15) is 0 Å². The molecular weight excluding hydrogens is 485 g/mol. The lowest BCUT2D eigenvalue weighted by molar-refractivity contribution is -0.143. The fourth-order valence-corrected chi connectivity index (χ4v) is 6.12. The van der Waals surface area contributed by atoms with Crippen LogP contribution in [-0.2, 0) is 27.1 Å². The van der Waals surface area contributed by atoms with Crippen LogP contribution in [0.5, 0.6) is 0 Å². The molecule has 206 valence electrons. The highest BCUT2D eigenvalue weighted by molar-refractivity contribution is 5.76. The summed E-state index contributed by atoms with van der Waals surface area (Å²) in [5, 5.41) is 13.6. The molecule has 2 aromatic rings. The summed E-state index contributed by atoms with van der Waals surface area (Å²) in [4.78, 5) is 19.1. The normalized spacial score (nSPS) is 21.1. The van der Waals surface area contributed by atoms with Crippen LogP contribution in [-0.4, -0.2) is 66.5 Å². The number of nitrogens with zero attached hydrogens (tertiary/aromatic N) is 2. The van der Waals surface area contributed by atoms with Gasteiger partial charge in [-0.25, -0.2) is 9.37 Å². The summed E-state index contributed by atoms with van der Waals surface area (Å²) in [5.74, 6) is -0.0734. The Hall–Kier alpha value is -2.55. The van der Waals surface area contributed by atoms with Gasteiger partial charge in [-0.3, -0.25) is 9.69 Å². The standard InChI is InChI=1S/C30H40FN3O4/c31-23-8-10-26(21-12-17-37-18-13-21)27(19-23)28(30(35)36)34-15-11-25(20-34)38-16-3-1-2-6-24-9-7-22-5-4-14-32-29(22)33-24/h7-10,19,21,25,28H,1-6,11-18,20H2,(H,32,33)(H,35,36)/t25-,28?/m1/s1. The van der Waals surface area contributed by atoms with Crippen molar-refractivity contribution < 1.29 is 23.8 Å². The number of anilines is 1. The largest absolute Gasteiger partial charge is 0.480 e. The molecule has 5 rings (SSSR count). The number of fused-ring (bicyclic) bond motifs is 1. The van der Waals surface area contributed by atoms with Crippen LogP contribution in [0.25, 0.3) is 0 Å². The SMILES string of the molecule is O=C(O)C(c1cc(F)ccc1C1CCOCC1)N1CC[C@@H](OCCCCCc2ccc3c(n2)NCCC3)C1. The van der Waals surface area contributed by atoms with Crippen LogP contribution in [0.1, 0.15) is 79.3 Å². The van der Waals surface area contributed by atoms with E-state index in [1.54, 1.807) is 6.07 Å². The number of halogens is 1. The number of rotatable bonds is 11. The number of aryl methyl sites for hydroxylation is 2. The van der Waals surface area contributed by atoms with Gasteiger partial charge in [-0.05, 0) is 92.2 Å². The molecule has 2 saturated heterocycles. The number of ether oxygens (including phenoxy) is 2. The van der Waals surface area contributed by atoms with Crippen molar-refractivity contribution in [2.45, 2.75) is 75.9 Å². The topological polar surface area (TPSA) is 83.9 Å². The number of carboxylic acid groups (broad SMARTS) is 1. The molecule has 0 saturated carbocycles. The third-order valence-corrected chi connectivity index (χ3v) is 8.16. The Morgan fingerprint density at radius 3 is 2.89 bits per heavy atom. The smallest absolute Gasteiger partial charge is 0.325 e. The van der Waals surface area contributed by atoms with E-state index >= 15 is 0 Å². The number of pyridine rings is 1. The van der Waals surface area contributed by atoms with Gasteiger partial charge in [0.05, 0.1) is 6.10 Å².